The summed E-state index contributed by atoms with van der Waals surface area (Å²) in [5.74, 6) is 0.333. The van der Waals surface area contributed by atoms with Gasteiger partial charge in [-0.1, -0.05) is 18.2 Å². The highest BCUT2D eigenvalue weighted by atomic mass is 16.6. The summed E-state index contributed by atoms with van der Waals surface area (Å²) in [5.41, 5.74) is 1.36. The number of rotatable bonds is 7. The molecule has 0 aliphatic rings. The molecule has 0 saturated heterocycles. The van der Waals surface area contributed by atoms with Crippen molar-refractivity contribution < 1.29 is 23.8 Å². The number of hydrogen-bond donors (Lipinski definition) is 1. The number of hydrogen-bond acceptors (Lipinski definition) is 5. The maximum atomic E-state index is 12.2. The van der Waals surface area contributed by atoms with Crippen LogP contribution >= 0.6 is 0 Å². The molecule has 3 rings (SSSR count). The van der Waals surface area contributed by atoms with E-state index in [1.165, 1.54) is 0 Å². The van der Waals surface area contributed by atoms with Crippen molar-refractivity contribution in [3.8, 4) is 11.5 Å². The highest BCUT2D eigenvalue weighted by Crippen LogP contribution is 2.18. The summed E-state index contributed by atoms with van der Waals surface area (Å²) in [5, 5.41) is 0.804. The van der Waals surface area contributed by atoms with Gasteiger partial charge in [0.15, 0.2) is 13.2 Å². The molecule has 1 heterocycles. The summed E-state index contributed by atoms with van der Waals surface area (Å²) in [6.45, 7) is -0.597. The normalized spacial score (nSPS) is 10.4. The third-order valence-electron chi connectivity index (χ3n) is 3.67. The van der Waals surface area contributed by atoms with Gasteiger partial charge in [-0.05, 0) is 30.3 Å². The van der Waals surface area contributed by atoms with E-state index in [1.807, 2.05) is 24.3 Å². The van der Waals surface area contributed by atoms with Gasteiger partial charge in [0, 0.05) is 22.7 Å². The van der Waals surface area contributed by atoms with Gasteiger partial charge in [-0.25, -0.2) is 4.79 Å². The number of ketones is 1. The Morgan fingerprint density at radius 1 is 0.960 bits per heavy atom. The second-order valence-electron chi connectivity index (χ2n) is 5.30. The van der Waals surface area contributed by atoms with Gasteiger partial charge in [0.05, 0.1) is 7.11 Å². The number of Topliss-reactive ketones (excluding diaryl/α,β-unsaturated/α-hetero) is 1. The monoisotopic (exact) mass is 339 g/mol. The van der Waals surface area contributed by atoms with Crippen LogP contribution in [0.5, 0.6) is 11.5 Å². The molecule has 0 aliphatic carbocycles. The molecule has 0 bridgehead atoms. The number of aromatic nitrogens is 1. The standard InChI is InChI=1S/C19H17NO5/c1-23-13-6-8-14(9-7-13)24-12-19(22)25-11-18(21)16-10-20-17-5-3-2-4-15(16)17/h2-10,20H,11-12H2,1H3. The van der Waals surface area contributed by atoms with E-state index in [2.05, 4.69) is 4.98 Å². The van der Waals surface area contributed by atoms with Crippen molar-refractivity contribution in [1.82, 2.24) is 4.98 Å². The Labute approximate surface area is 144 Å². The number of fused-ring (bicyclic) bond motifs is 1. The van der Waals surface area contributed by atoms with Gasteiger partial charge in [0.1, 0.15) is 11.5 Å². The van der Waals surface area contributed by atoms with Crippen LogP contribution in [-0.2, 0) is 9.53 Å². The molecule has 3 aromatic rings. The Balaban J connectivity index is 1.50. The van der Waals surface area contributed by atoms with Crippen LogP contribution in [0.3, 0.4) is 0 Å². The molecule has 6 nitrogen and oxygen atoms in total. The average molecular weight is 339 g/mol. The lowest BCUT2D eigenvalue weighted by Gasteiger charge is -2.07. The predicted octanol–water partition coefficient (Wildman–Crippen LogP) is 2.98. The van der Waals surface area contributed by atoms with Crippen molar-refractivity contribution in [2.24, 2.45) is 0 Å². The van der Waals surface area contributed by atoms with E-state index in [-0.39, 0.29) is 19.0 Å². The third-order valence-corrected chi connectivity index (χ3v) is 3.67. The van der Waals surface area contributed by atoms with Crippen molar-refractivity contribution >= 4 is 22.7 Å². The van der Waals surface area contributed by atoms with E-state index in [0.29, 0.717) is 17.1 Å². The molecule has 2 aromatic carbocycles. The van der Waals surface area contributed by atoms with E-state index in [0.717, 1.165) is 10.9 Å². The molecule has 0 saturated carbocycles. The maximum Gasteiger partial charge on any atom is 0.344 e. The second-order valence-corrected chi connectivity index (χ2v) is 5.30. The van der Waals surface area contributed by atoms with Crippen molar-refractivity contribution in [1.29, 1.82) is 0 Å². The molecule has 0 aliphatic heterocycles. The van der Waals surface area contributed by atoms with Gasteiger partial charge < -0.3 is 19.2 Å². The first-order valence-electron chi connectivity index (χ1n) is 7.69. The molecular formula is C19H17NO5. The summed E-state index contributed by atoms with van der Waals surface area (Å²) < 4.78 is 15.3. The molecule has 0 fully saturated rings. The number of carbonyl (C=O) groups excluding carboxylic acids is 2. The predicted molar refractivity (Wildman–Crippen MR) is 92.1 cm³/mol. The van der Waals surface area contributed by atoms with Crippen LogP contribution in [0.1, 0.15) is 10.4 Å². The fourth-order valence-corrected chi connectivity index (χ4v) is 2.38. The van der Waals surface area contributed by atoms with Gasteiger partial charge >= 0.3 is 5.97 Å². The highest BCUT2D eigenvalue weighted by molar-refractivity contribution is 6.08. The number of nitrogens with one attached hydrogen (secondary N) is 1. The molecule has 25 heavy (non-hydrogen) atoms. The van der Waals surface area contributed by atoms with Gasteiger partial charge in [-0.3, -0.25) is 4.79 Å². The number of esters is 1. The van der Waals surface area contributed by atoms with Crippen molar-refractivity contribution in [3.05, 3.63) is 60.3 Å². The van der Waals surface area contributed by atoms with Gasteiger partial charge in [-0.2, -0.15) is 0 Å². The molecule has 128 valence electrons. The van der Waals surface area contributed by atoms with Crippen LogP contribution in [0, 0.1) is 0 Å². The lowest BCUT2D eigenvalue weighted by Crippen LogP contribution is -2.19. The molecule has 1 aromatic heterocycles. The minimum Gasteiger partial charge on any atom is -0.497 e. The van der Waals surface area contributed by atoms with Crippen LogP contribution in [0.15, 0.2) is 54.7 Å². The van der Waals surface area contributed by atoms with E-state index in [1.54, 1.807) is 37.6 Å². The highest BCUT2D eigenvalue weighted by Gasteiger charge is 2.14. The Hall–Kier alpha value is -3.28. The van der Waals surface area contributed by atoms with Crippen LogP contribution in [0.4, 0.5) is 0 Å². The number of H-pyrrole nitrogens is 1. The minimum atomic E-state index is -0.607. The van der Waals surface area contributed by atoms with Crippen molar-refractivity contribution in [2.75, 3.05) is 20.3 Å². The first-order chi connectivity index (χ1) is 12.2. The quantitative estimate of drug-likeness (QED) is 0.529. The summed E-state index contributed by atoms with van der Waals surface area (Å²) in [6, 6.07) is 14.3. The number of benzene rings is 2. The lowest BCUT2D eigenvalue weighted by atomic mass is 10.1. The lowest BCUT2D eigenvalue weighted by molar-refractivity contribution is -0.144. The molecule has 1 N–H and O–H groups in total. The third kappa shape index (κ3) is 3.98. The van der Waals surface area contributed by atoms with E-state index in [4.69, 9.17) is 14.2 Å². The Kier molecular flexibility index (Phi) is 4.99. The van der Waals surface area contributed by atoms with Crippen molar-refractivity contribution in [2.45, 2.75) is 0 Å². The van der Waals surface area contributed by atoms with E-state index in [9.17, 15) is 9.59 Å². The number of aromatic amines is 1. The number of carbonyl (C=O) groups is 2. The molecule has 0 atom stereocenters. The minimum absolute atomic E-state index is 0.268. The molecular weight excluding hydrogens is 322 g/mol. The zero-order valence-electron chi connectivity index (χ0n) is 13.7. The van der Waals surface area contributed by atoms with Gasteiger partial charge in [0.2, 0.25) is 5.78 Å². The fraction of sp³-hybridized carbons (Fsp3) is 0.158. The molecule has 0 amide bonds. The summed E-state index contributed by atoms with van der Waals surface area (Å²) >= 11 is 0. The SMILES string of the molecule is COc1ccc(OCC(=O)OCC(=O)c2c[nH]c3ccccc23)cc1. The van der Waals surface area contributed by atoms with Crippen LogP contribution in [0.2, 0.25) is 0 Å². The van der Waals surface area contributed by atoms with Crippen molar-refractivity contribution in [3.63, 3.8) is 0 Å². The number of ether oxygens (including phenoxy) is 3. The van der Waals surface area contributed by atoms with Crippen LogP contribution in [-0.4, -0.2) is 37.1 Å². The van der Waals surface area contributed by atoms with Crippen LogP contribution < -0.4 is 9.47 Å². The topological polar surface area (TPSA) is 77.6 Å². The number of para-hydroxylation sites is 1. The van der Waals surface area contributed by atoms with E-state index < -0.39 is 5.97 Å². The first-order valence-corrected chi connectivity index (χ1v) is 7.69. The van der Waals surface area contributed by atoms with Crippen LogP contribution in [0.25, 0.3) is 10.9 Å². The van der Waals surface area contributed by atoms with E-state index >= 15 is 0 Å². The van der Waals surface area contributed by atoms with Gasteiger partial charge in [-0.15, -0.1) is 0 Å². The number of methoxy groups -OCH3 is 1. The van der Waals surface area contributed by atoms with Gasteiger partial charge in [0.25, 0.3) is 0 Å². The summed E-state index contributed by atoms with van der Waals surface area (Å²) in [6.07, 6.45) is 1.62. The Bertz CT molecular complexity index is 882. The fourth-order valence-electron chi connectivity index (χ4n) is 2.38. The first kappa shape index (κ1) is 16.6. The molecule has 0 unspecified atom stereocenters. The summed E-state index contributed by atoms with van der Waals surface area (Å²) in [4.78, 5) is 27.0. The molecule has 0 radical (unpaired) electrons. The smallest absolute Gasteiger partial charge is 0.344 e. The second kappa shape index (κ2) is 7.53. The Morgan fingerprint density at radius 3 is 2.44 bits per heavy atom. The zero-order valence-corrected chi connectivity index (χ0v) is 13.7. The Morgan fingerprint density at radius 2 is 1.68 bits per heavy atom. The molecule has 0 spiro atoms. The summed E-state index contributed by atoms with van der Waals surface area (Å²) in [7, 11) is 1.57. The average Bonchev–Trinajstić information content (AvgIpc) is 3.09. The maximum absolute atomic E-state index is 12.2. The zero-order chi connectivity index (χ0) is 17.6. The molecule has 6 heteroatoms. The largest absolute Gasteiger partial charge is 0.497 e.